The third-order valence-electron chi connectivity index (χ3n) is 4.97. The predicted molar refractivity (Wildman–Crippen MR) is 94.9 cm³/mol. The number of piperazine rings is 1. The Balaban J connectivity index is 1.42. The fraction of sp³-hybridized carbons (Fsp3) is 0.632. The summed E-state index contributed by atoms with van der Waals surface area (Å²) >= 11 is 0. The third kappa shape index (κ3) is 4.48. The monoisotopic (exact) mass is 332 g/mol. The van der Waals surface area contributed by atoms with E-state index in [1.807, 2.05) is 18.2 Å². The van der Waals surface area contributed by atoms with Gasteiger partial charge >= 0.3 is 0 Å². The molecule has 0 amide bonds. The highest BCUT2D eigenvalue weighted by molar-refractivity contribution is 5.80. The van der Waals surface area contributed by atoms with E-state index in [0.717, 1.165) is 63.5 Å². The van der Waals surface area contributed by atoms with Crippen molar-refractivity contribution in [2.24, 2.45) is 0 Å². The third-order valence-corrected chi connectivity index (χ3v) is 4.97. The van der Waals surface area contributed by atoms with Crippen LogP contribution >= 0.6 is 0 Å². The molecule has 2 saturated heterocycles. The Morgan fingerprint density at radius 1 is 1.25 bits per heavy atom. The lowest BCUT2D eigenvalue weighted by atomic mass is 10.1. The highest BCUT2D eigenvalue weighted by Crippen LogP contribution is 2.28. The minimum Gasteiger partial charge on any atom is -0.495 e. The van der Waals surface area contributed by atoms with Crippen LogP contribution in [0.5, 0.6) is 5.75 Å². The average Bonchev–Trinajstić information content (AvgIpc) is 3.14. The number of Topliss-reactive ketones (excluding diaryl/α,β-unsaturated/α-hetero) is 1. The average molecular weight is 332 g/mol. The number of ketones is 1. The maximum Gasteiger partial charge on any atom is 0.146 e. The SMILES string of the molecule is COc1ccccc1N1CCN(CC(=O)CCC2CCCO2)CC1. The van der Waals surface area contributed by atoms with Crippen LogP contribution in [0.4, 0.5) is 5.69 Å². The molecular weight excluding hydrogens is 304 g/mol. The molecule has 0 bridgehead atoms. The largest absolute Gasteiger partial charge is 0.495 e. The second-order valence-corrected chi connectivity index (χ2v) is 6.65. The molecule has 2 aliphatic rings. The van der Waals surface area contributed by atoms with Crippen LogP contribution in [-0.4, -0.2) is 63.2 Å². The summed E-state index contributed by atoms with van der Waals surface area (Å²) in [6.45, 7) is 5.14. The van der Waals surface area contributed by atoms with Crippen LogP contribution in [0.3, 0.4) is 0 Å². The van der Waals surface area contributed by atoms with Gasteiger partial charge < -0.3 is 14.4 Å². The van der Waals surface area contributed by atoms with Crippen LogP contribution in [0, 0.1) is 0 Å². The number of nitrogens with zero attached hydrogens (tertiary/aromatic N) is 2. The lowest BCUT2D eigenvalue weighted by molar-refractivity contribution is -0.120. The van der Waals surface area contributed by atoms with Crippen molar-refractivity contribution in [3.63, 3.8) is 0 Å². The molecule has 3 rings (SSSR count). The number of ether oxygens (including phenoxy) is 2. The van der Waals surface area contributed by atoms with Crippen molar-refractivity contribution in [1.82, 2.24) is 4.90 Å². The summed E-state index contributed by atoms with van der Waals surface area (Å²) in [6.07, 6.45) is 4.11. The molecule has 0 aliphatic carbocycles. The van der Waals surface area contributed by atoms with E-state index < -0.39 is 0 Å². The molecule has 2 heterocycles. The van der Waals surface area contributed by atoms with Crippen LogP contribution in [0.1, 0.15) is 25.7 Å². The van der Waals surface area contributed by atoms with Gasteiger partial charge in [-0.05, 0) is 31.4 Å². The van der Waals surface area contributed by atoms with Crippen LogP contribution in [0.25, 0.3) is 0 Å². The summed E-state index contributed by atoms with van der Waals surface area (Å²) in [6, 6.07) is 8.13. The zero-order chi connectivity index (χ0) is 16.8. The molecule has 5 heteroatoms. The van der Waals surface area contributed by atoms with Gasteiger partial charge in [-0.25, -0.2) is 0 Å². The molecule has 2 aliphatic heterocycles. The molecule has 1 aromatic rings. The van der Waals surface area contributed by atoms with Crippen molar-refractivity contribution in [3.8, 4) is 5.75 Å². The molecule has 1 aromatic carbocycles. The number of benzene rings is 1. The molecule has 132 valence electrons. The molecule has 0 saturated carbocycles. The molecule has 0 N–H and O–H groups in total. The zero-order valence-corrected chi connectivity index (χ0v) is 14.6. The van der Waals surface area contributed by atoms with Crippen LogP contribution in [-0.2, 0) is 9.53 Å². The second kappa shape index (κ2) is 8.49. The molecule has 0 spiro atoms. The maximum absolute atomic E-state index is 12.2. The molecular formula is C19H28N2O3. The normalized spacial score (nSPS) is 21.9. The Labute approximate surface area is 144 Å². The number of methoxy groups -OCH3 is 1. The van der Waals surface area contributed by atoms with Crippen LogP contribution in [0.2, 0.25) is 0 Å². The smallest absolute Gasteiger partial charge is 0.146 e. The molecule has 24 heavy (non-hydrogen) atoms. The highest BCUT2D eigenvalue weighted by Gasteiger charge is 2.22. The van der Waals surface area contributed by atoms with Gasteiger partial charge in [-0.3, -0.25) is 9.69 Å². The summed E-state index contributed by atoms with van der Waals surface area (Å²) in [4.78, 5) is 16.8. The van der Waals surface area contributed by atoms with Crippen molar-refractivity contribution in [1.29, 1.82) is 0 Å². The Kier molecular flexibility index (Phi) is 6.10. The quantitative estimate of drug-likeness (QED) is 0.767. The summed E-state index contributed by atoms with van der Waals surface area (Å²) in [5.41, 5.74) is 1.14. The Morgan fingerprint density at radius 3 is 2.75 bits per heavy atom. The van der Waals surface area contributed by atoms with Crippen molar-refractivity contribution in [2.75, 3.05) is 51.3 Å². The van der Waals surface area contributed by atoms with Crippen molar-refractivity contribution < 1.29 is 14.3 Å². The topological polar surface area (TPSA) is 42.0 Å². The zero-order valence-electron chi connectivity index (χ0n) is 14.6. The number of rotatable bonds is 7. The van der Waals surface area contributed by atoms with Crippen molar-refractivity contribution in [2.45, 2.75) is 31.8 Å². The molecule has 5 nitrogen and oxygen atoms in total. The van der Waals surface area contributed by atoms with Gasteiger partial charge in [0.25, 0.3) is 0 Å². The van der Waals surface area contributed by atoms with Gasteiger partial charge in [0.05, 0.1) is 25.4 Å². The van der Waals surface area contributed by atoms with E-state index in [9.17, 15) is 4.79 Å². The van der Waals surface area contributed by atoms with Gasteiger partial charge in [-0.15, -0.1) is 0 Å². The molecule has 1 atom stereocenters. The molecule has 1 unspecified atom stereocenters. The van der Waals surface area contributed by atoms with Gasteiger partial charge in [0.1, 0.15) is 11.5 Å². The lowest BCUT2D eigenvalue weighted by Crippen LogP contribution is -2.48. The highest BCUT2D eigenvalue weighted by atomic mass is 16.5. The Hall–Kier alpha value is -1.59. The first-order valence-corrected chi connectivity index (χ1v) is 9.00. The summed E-state index contributed by atoms with van der Waals surface area (Å²) in [7, 11) is 1.71. The van der Waals surface area contributed by atoms with Crippen LogP contribution in [0.15, 0.2) is 24.3 Å². The number of para-hydroxylation sites is 2. The van der Waals surface area contributed by atoms with Gasteiger partial charge in [-0.2, -0.15) is 0 Å². The first-order valence-electron chi connectivity index (χ1n) is 9.00. The predicted octanol–water partition coefficient (Wildman–Crippen LogP) is 2.35. The first kappa shape index (κ1) is 17.2. The maximum atomic E-state index is 12.2. The Morgan fingerprint density at radius 2 is 2.04 bits per heavy atom. The summed E-state index contributed by atoms with van der Waals surface area (Å²) in [5, 5.41) is 0. The van der Waals surface area contributed by atoms with Crippen LogP contribution < -0.4 is 9.64 Å². The Bertz CT molecular complexity index is 535. The minimum absolute atomic E-state index is 0.316. The summed E-state index contributed by atoms with van der Waals surface area (Å²) in [5.74, 6) is 1.26. The number of carbonyl (C=O) groups excluding carboxylic acids is 1. The lowest BCUT2D eigenvalue weighted by Gasteiger charge is -2.36. The molecule has 0 radical (unpaired) electrons. The van der Waals surface area contributed by atoms with E-state index >= 15 is 0 Å². The van der Waals surface area contributed by atoms with Gasteiger partial charge in [-0.1, -0.05) is 12.1 Å². The van der Waals surface area contributed by atoms with E-state index in [-0.39, 0.29) is 0 Å². The van der Waals surface area contributed by atoms with Crippen molar-refractivity contribution >= 4 is 11.5 Å². The van der Waals surface area contributed by atoms with Crippen molar-refractivity contribution in [3.05, 3.63) is 24.3 Å². The van der Waals surface area contributed by atoms with Gasteiger partial charge in [0, 0.05) is 39.2 Å². The number of hydrogen-bond acceptors (Lipinski definition) is 5. The van der Waals surface area contributed by atoms with E-state index in [4.69, 9.17) is 9.47 Å². The second-order valence-electron chi connectivity index (χ2n) is 6.65. The van der Waals surface area contributed by atoms with E-state index in [1.54, 1.807) is 7.11 Å². The van der Waals surface area contributed by atoms with E-state index in [2.05, 4.69) is 15.9 Å². The minimum atomic E-state index is 0.316. The molecule has 0 aromatic heterocycles. The number of carbonyl (C=O) groups is 1. The van der Waals surface area contributed by atoms with E-state index in [0.29, 0.717) is 24.9 Å². The van der Waals surface area contributed by atoms with Gasteiger partial charge in [0.2, 0.25) is 0 Å². The summed E-state index contributed by atoms with van der Waals surface area (Å²) < 4.78 is 11.0. The molecule has 2 fully saturated rings. The fourth-order valence-corrected chi connectivity index (χ4v) is 3.56. The number of hydrogen-bond donors (Lipinski definition) is 0. The number of anilines is 1. The fourth-order valence-electron chi connectivity index (χ4n) is 3.56. The van der Waals surface area contributed by atoms with E-state index in [1.165, 1.54) is 0 Å². The standard InChI is InChI=1S/C19H28N2O3/c1-23-19-7-3-2-6-18(19)21-12-10-20(11-13-21)15-16(22)8-9-17-5-4-14-24-17/h2-3,6-7,17H,4-5,8-15H2,1H3. The van der Waals surface area contributed by atoms with Gasteiger partial charge in [0.15, 0.2) is 0 Å². The first-order chi connectivity index (χ1) is 11.8.